The summed E-state index contributed by atoms with van der Waals surface area (Å²) in [5.41, 5.74) is -5.68. The fourth-order valence-electron chi connectivity index (χ4n) is 4.60. The molecule has 0 N–H and O–H groups in total. The molecule has 5 aromatic carbocycles. The van der Waals surface area contributed by atoms with Crippen LogP contribution in [0, 0.1) is 0 Å². The molecule has 9 rings (SSSR count). The SMILES string of the molecule is [2H]c1c([2H])c([2H])c2c(oc3c4oc5c([2H])c([2H])c([2H])c([2H])c5n5c6c([2H])c([2H])c([2H])c([2H])c6oc(c6oc7c([2H])c([2H])c([2H])c([2H])c7n2c36)c45)c1[2H]. The molecule has 4 heterocycles. The molecule has 0 saturated carbocycles. The van der Waals surface area contributed by atoms with E-state index in [4.69, 9.17) is 39.6 Å². The van der Waals surface area contributed by atoms with Gasteiger partial charge in [-0.3, -0.25) is 8.80 Å². The Morgan fingerprint density at radius 3 is 0.917 bits per heavy atom. The lowest BCUT2D eigenvalue weighted by Gasteiger charge is -2.18. The first-order chi connectivity index (χ1) is 24.5. The van der Waals surface area contributed by atoms with Crippen LogP contribution in [0.2, 0.25) is 0 Å². The summed E-state index contributed by atoms with van der Waals surface area (Å²) in [4.78, 5) is 0. The standard InChI is InChI=1S/C30H16N2O4/c1-5-13-21-17(9-1)31-18-10-2-6-14-22(18)34-28-25(31)27(33-21)29-26-30(28)36-24-16-8-4-12-20(24)32(26)19-11-3-7-15-23(19)35-29/h1-16H/i1D,2D,3D,4D,5D,6D,7D,8D,9D,10D,11D,12D,13D,14D,15D,16D. The van der Waals surface area contributed by atoms with Gasteiger partial charge in [-0.25, -0.2) is 0 Å². The highest BCUT2D eigenvalue weighted by atomic mass is 16.4. The fraction of sp³-hybridized carbons (Fsp3) is 0. The molecule has 0 aliphatic rings. The largest absolute Gasteiger partial charge is 0.449 e. The van der Waals surface area contributed by atoms with Gasteiger partial charge in [0.2, 0.25) is 0 Å². The van der Waals surface area contributed by atoms with E-state index in [0.717, 1.165) is 8.80 Å². The summed E-state index contributed by atoms with van der Waals surface area (Å²) in [6.07, 6.45) is 0. The Morgan fingerprint density at radius 1 is 0.389 bits per heavy atom. The van der Waals surface area contributed by atoms with E-state index in [1.54, 1.807) is 0 Å². The van der Waals surface area contributed by atoms with E-state index in [9.17, 15) is 0 Å². The molecule has 0 radical (unpaired) electrons. The molecule has 0 aliphatic heterocycles. The zero-order chi connectivity index (χ0) is 37.3. The lowest BCUT2D eigenvalue weighted by molar-refractivity contribution is 0.597. The molecule has 0 aliphatic carbocycles. The summed E-state index contributed by atoms with van der Waals surface area (Å²) < 4.78 is 165. The molecular weight excluding hydrogens is 452 g/mol. The van der Waals surface area contributed by atoms with Gasteiger partial charge in [0, 0.05) is 0 Å². The van der Waals surface area contributed by atoms with Crippen LogP contribution in [-0.4, -0.2) is 8.80 Å². The number of aromatic nitrogens is 2. The van der Waals surface area contributed by atoms with E-state index >= 15 is 0 Å². The van der Waals surface area contributed by atoms with Gasteiger partial charge in [0.05, 0.1) is 44.0 Å². The third kappa shape index (κ3) is 2.12. The van der Waals surface area contributed by atoms with Gasteiger partial charge in [0.1, 0.15) is 11.0 Å². The molecule has 0 saturated heterocycles. The Morgan fingerprint density at radius 2 is 0.639 bits per heavy atom. The highest BCUT2D eigenvalue weighted by molar-refractivity contribution is 6.20. The summed E-state index contributed by atoms with van der Waals surface area (Å²) in [6, 6.07) is -11.1. The van der Waals surface area contributed by atoms with Crippen LogP contribution in [0.4, 0.5) is 0 Å². The van der Waals surface area contributed by atoms with E-state index in [1.807, 2.05) is 0 Å². The minimum atomic E-state index is -0.710. The van der Waals surface area contributed by atoms with Crippen molar-refractivity contribution in [2.24, 2.45) is 0 Å². The normalized spacial score (nSPS) is 18.7. The van der Waals surface area contributed by atoms with Crippen LogP contribution < -0.4 is 0 Å². The van der Waals surface area contributed by atoms with E-state index in [2.05, 4.69) is 0 Å². The van der Waals surface area contributed by atoms with Crippen LogP contribution in [0.25, 0.3) is 77.8 Å². The quantitative estimate of drug-likeness (QED) is 0.160. The molecular formula is C30H16N2O4. The van der Waals surface area contributed by atoms with Gasteiger partial charge in [0.15, 0.2) is 44.7 Å². The Kier molecular flexibility index (Phi) is 1.61. The zero-order valence-corrected chi connectivity index (χ0v) is 17.5. The van der Waals surface area contributed by atoms with Crippen molar-refractivity contribution in [1.82, 2.24) is 8.80 Å². The zero-order valence-electron chi connectivity index (χ0n) is 33.5. The summed E-state index contributed by atoms with van der Waals surface area (Å²) in [5.74, 6) is 0. The van der Waals surface area contributed by atoms with Crippen LogP contribution >= 0.6 is 0 Å². The van der Waals surface area contributed by atoms with Gasteiger partial charge in [-0.05, 0) is 48.3 Å². The third-order valence-corrected chi connectivity index (χ3v) is 5.97. The smallest absolute Gasteiger partial charge is 0.200 e. The van der Waals surface area contributed by atoms with Crippen LogP contribution in [0.5, 0.6) is 0 Å². The molecule has 0 unspecified atom stereocenters. The molecule has 0 fully saturated rings. The molecule has 4 aromatic heterocycles. The summed E-state index contributed by atoms with van der Waals surface area (Å²) in [7, 11) is 0. The maximum Gasteiger partial charge on any atom is 0.200 e. The molecule has 6 heteroatoms. The van der Waals surface area contributed by atoms with Gasteiger partial charge in [-0.2, -0.15) is 0 Å². The lowest BCUT2D eigenvalue weighted by Crippen LogP contribution is -2.01. The number of benzene rings is 5. The highest BCUT2D eigenvalue weighted by Crippen LogP contribution is 2.42. The van der Waals surface area contributed by atoms with E-state index in [-0.39, 0.29) is 33.1 Å². The number of hydrogen-bond acceptors (Lipinski definition) is 4. The van der Waals surface area contributed by atoms with Crippen LogP contribution in [0.3, 0.4) is 0 Å². The number of rotatable bonds is 0. The fourth-order valence-corrected chi connectivity index (χ4v) is 4.60. The third-order valence-electron chi connectivity index (χ3n) is 5.97. The van der Waals surface area contributed by atoms with Crippen LogP contribution in [0.15, 0.2) is 114 Å². The maximum atomic E-state index is 8.87. The molecule has 0 atom stereocenters. The molecule has 9 aromatic rings. The second-order valence-electron chi connectivity index (χ2n) is 7.80. The van der Waals surface area contributed by atoms with Crippen LogP contribution in [-0.2, 0) is 0 Å². The number of para-hydroxylation sites is 8. The molecule has 0 amide bonds. The molecule has 0 bridgehead atoms. The Labute approximate surface area is 223 Å². The predicted octanol–water partition coefficient (Wildman–Crippen LogP) is 8.61. The molecule has 0 spiro atoms. The van der Waals surface area contributed by atoms with Crippen LogP contribution in [0.1, 0.15) is 21.9 Å². The maximum absolute atomic E-state index is 8.87. The van der Waals surface area contributed by atoms with Crippen molar-refractivity contribution in [2.45, 2.75) is 0 Å². The number of hydrogen-bond donors (Lipinski definition) is 0. The minimum absolute atomic E-state index is 0.266. The average molecular weight is 485 g/mol. The Bertz CT molecular complexity index is 2840. The van der Waals surface area contributed by atoms with E-state index < -0.39 is 141 Å². The lowest BCUT2D eigenvalue weighted by atomic mass is 10.1. The Hall–Kier alpha value is -5.10. The van der Waals surface area contributed by atoms with Crippen molar-refractivity contribution in [3.8, 4) is 0 Å². The van der Waals surface area contributed by atoms with Gasteiger partial charge >= 0.3 is 0 Å². The van der Waals surface area contributed by atoms with Gasteiger partial charge in [0.25, 0.3) is 0 Å². The van der Waals surface area contributed by atoms with Gasteiger partial charge in [-0.1, -0.05) is 48.3 Å². The van der Waals surface area contributed by atoms with Gasteiger partial charge in [-0.15, -0.1) is 0 Å². The molecule has 6 nitrogen and oxygen atoms in total. The monoisotopic (exact) mass is 484 g/mol. The second kappa shape index (κ2) is 6.31. The van der Waals surface area contributed by atoms with E-state index in [0.29, 0.717) is 0 Å². The predicted molar refractivity (Wildman–Crippen MR) is 140 cm³/mol. The number of fused-ring (bicyclic) bond motifs is 10. The first-order valence-corrected chi connectivity index (χ1v) is 10.5. The molecule has 36 heavy (non-hydrogen) atoms. The Balaban J connectivity index is 1.80. The topological polar surface area (TPSA) is 61.4 Å². The van der Waals surface area contributed by atoms with Crippen molar-refractivity contribution in [1.29, 1.82) is 0 Å². The average Bonchev–Trinajstić information content (AvgIpc) is 3.14. The highest BCUT2D eigenvalue weighted by Gasteiger charge is 2.25. The second-order valence-corrected chi connectivity index (χ2v) is 7.80. The first kappa shape index (κ1) is 9.17. The summed E-state index contributed by atoms with van der Waals surface area (Å²) >= 11 is 0. The van der Waals surface area contributed by atoms with Crippen molar-refractivity contribution >= 4 is 77.8 Å². The van der Waals surface area contributed by atoms with Crippen molar-refractivity contribution in [3.63, 3.8) is 0 Å². The van der Waals surface area contributed by atoms with E-state index in [1.165, 1.54) is 0 Å². The summed E-state index contributed by atoms with van der Waals surface area (Å²) in [6.45, 7) is 0. The first-order valence-electron chi connectivity index (χ1n) is 18.5. The van der Waals surface area contributed by atoms with Gasteiger partial charge < -0.3 is 17.7 Å². The van der Waals surface area contributed by atoms with Crippen molar-refractivity contribution in [2.75, 3.05) is 0 Å². The van der Waals surface area contributed by atoms with Crippen molar-refractivity contribution < 1.29 is 39.6 Å². The summed E-state index contributed by atoms with van der Waals surface area (Å²) in [5, 5.41) is 0. The number of nitrogens with zero attached hydrogens (tertiary/aromatic N) is 2. The molecule has 170 valence electrons. The van der Waals surface area contributed by atoms with Crippen molar-refractivity contribution in [3.05, 3.63) is 96.7 Å². The minimum Gasteiger partial charge on any atom is -0.449 e.